The lowest BCUT2D eigenvalue weighted by molar-refractivity contribution is -0.0972. The summed E-state index contributed by atoms with van der Waals surface area (Å²) in [5.74, 6) is 0.152. The van der Waals surface area contributed by atoms with Gasteiger partial charge in [-0.15, -0.1) is 0 Å². The van der Waals surface area contributed by atoms with Crippen LogP contribution >= 0.6 is 0 Å². The molecular weight excluding hydrogens is 352 g/mol. The van der Waals surface area contributed by atoms with Crippen LogP contribution in [0.1, 0.15) is 57.2 Å². The van der Waals surface area contributed by atoms with E-state index in [4.69, 9.17) is 14.2 Å². The standard InChI is InChI=1S/C21H31F2NO3/c1-21(2,3)27-14-6-7-17-16-12-18(25-4)20(26-11-5-9-22)19(23)15(16)8-10-24(17)13-14/h12,14,17H,5-11,13H2,1-4H3. The van der Waals surface area contributed by atoms with E-state index in [0.717, 1.165) is 31.5 Å². The minimum absolute atomic E-state index is 0.114. The molecule has 1 fully saturated rings. The predicted molar refractivity (Wildman–Crippen MR) is 101 cm³/mol. The second-order valence-corrected chi connectivity index (χ2v) is 8.37. The van der Waals surface area contributed by atoms with E-state index in [1.807, 2.05) is 6.07 Å². The third-order valence-electron chi connectivity index (χ3n) is 5.24. The fourth-order valence-electron chi connectivity index (χ4n) is 4.19. The Kier molecular flexibility index (Phi) is 6.26. The van der Waals surface area contributed by atoms with Gasteiger partial charge in [-0.25, -0.2) is 4.39 Å². The monoisotopic (exact) mass is 383 g/mol. The van der Waals surface area contributed by atoms with Crippen LogP contribution in [0, 0.1) is 5.82 Å². The Hall–Kier alpha value is -1.40. The number of rotatable bonds is 6. The number of hydrogen-bond acceptors (Lipinski definition) is 4. The maximum absolute atomic E-state index is 15.1. The Labute approximate surface area is 160 Å². The number of alkyl halides is 1. The average molecular weight is 383 g/mol. The summed E-state index contributed by atoms with van der Waals surface area (Å²) in [6.45, 7) is 7.56. The predicted octanol–water partition coefficient (Wildman–Crippen LogP) is 4.45. The number of fused-ring (bicyclic) bond motifs is 3. The lowest BCUT2D eigenvalue weighted by Gasteiger charge is -2.45. The van der Waals surface area contributed by atoms with Crippen molar-refractivity contribution >= 4 is 0 Å². The molecule has 0 bridgehead atoms. The zero-order valence-electron chi connectivity index (χ0n) is 16.8. The van der Waals surface area contributed by atoms with E-state index < -0.39 is 6.67 Å². The van der Waals surface area contributed by atoms with Crippen molar-refractivity contribution in [3.63, 3.8) is 0 Å². The second-order valence-electron chi connectivity index (χ2n) is 8.37. The minimum Gasteiger partial charge on any atom is -0.493 e. The van der Waals surface area contributed by atoms with Crippen molar-refractivity contribution in [1.29, 1.82) is 0 Å². The van der Waals surface area contributed by atoms with E-state index in [1.54, 1.807) is 0 Å². The SMILES string of the molecule is COc1cc2c(c(F)c1OCCCF)CCN1CC(OC(C)(C)C)CCC21. The molecule has 2 aliphatic rings. The molecule has 2 heterocycles. The van der Waals surface area contributed by atoms with Gasteiger partial charge in [0.2, 0.25) is 0 Å². The van der Waals surface area contributed by atoms with Gasteiger partial charge in [-0.1, -0.05) is 0 Å². The number of piperidine rings is 1. The van der Waals surface area contributed by atoms with Crippen LogP contribution in [0.2, 0.25) is 0 Å². The molecule has 2 unspecified atom stereocenters. The second kappa shape index (κ2) is 8.31. The number of methoxy groups -OCH3 is 1. The molecule has 1 saturated heterocycles. The van der Waals surface area contributed by atoms with Crippen LogP contribution in [0.15, 0.2) is 6.07 Å². The number of ether oxygens (including phenoxy) is 3. The van der Waals surface area contributed by atoms with Crippen molar-refractivity contribution in [2.75, 3.05) is 33.5 Å². The van der Waals surface area contributed by atoms with E-state index in [9.17, 15) is 4.39 Å². The first-order chi connectivity index (χ1) is 12.8. The summed E-state index contributed by atoms with van der Waals surface area (Å²) < 4.78 is 44.6. The quantitative estimate of drug-likeness (QED) is 0.679. The van der Waals surface area contributed by atoms with Crippen LogP contribution in [-0.2, 0) is 11.2 Å². The van der Waals surface area contributed by atoms with Crippen LogP contribution in [-0.4, -0.2) is 50.1 Å². The van der Waals surface area contributed by atoms with Gasteiger partial charge < -0.3 is 14.2 Å². The Morgan fingerprint density at radius 2 is 2.04 bits per heavy atom. The van der Waals surface area contributed by atoms with Crippen LogP contribution in [0.25, 0.3) is 0 Å². The van der Waals surface area contributed by atoms with Crippen molar-refractivity contribution in [2.24, 2.45) is 0 Å². The van der Waals surface area contributed by atoms with Crippen LogP contribution in [0.3, 0.4) is 0 Å². The first-order valence-corrected chi connectivity index (χ1v) is 9.84. The molecule has 1 aromatic carbocycles. The lowest BCUT2D eigenvalue weighted by atomic mass is 9.85. The largest absolute Gasteiger partial charge is 0.493 e. The fraction of sp³-hybridized carbons (Fsp3) is 0.714. The molecule has 6 heteroatoms. The normalized spacial score (nSPS) is 22.9. The highest BCUT2D eigenvalue weighted by molar-refractivity contribution is 5.51. The number of nitrogens with zero attached hydrogens (tertiary/aromatic N) is 1. The highest BCUT2D eigenvalue weighted by Gasteiger charge is 2.37. The topological polar surface area (TPSA) is 30.9 Å². The van der Waals surface area contributed by atoms with Gasteiger partial charge in [-0.05, 0) is 57.2 Å². The van der Waals surface area contributed by atoms with Crippen LogP contribution in [0.4, 0.5) is 8.78 Å². The molecular formula is C21H31F2NO3. The number of halogens is 2. The Morgan fingerprint density at radius 1 is 1.26 bits per heavy atom. The molecule has 0 radical (unpaired) electrons. The van der Waals surface area contributed by atoms with E-state index in [2.05, 4.69) is 25.7 Å². The Morgan fingerprint density at radius 3 is 2.70 bits per heavy atom. The van der Waals surface area contributed by atoms with Gasteiger partial charge >= 0.3 is 0 Å². The highest BCUT2D eigenvalue weighted by atomic mass is 19.1. The molecule has 0 spiro atoms. The van der Waals surface area contributed by atoms with Crippen molar-refractivity contribution in [3.05, 3.63) is 23.0 Å². The van der Waals surface area contributed by atoms with Gasteiger partial charge in [0.05, 0.1) is 32.1 Å². The molecule has 27 heavy (non-hydrogen) atoms. The smallest absolute Gasteiger partial charge is 0.197 e. The van der Waals surface area contributed by atoms with E-state index in [0.29, 0.717) is 17.7 Å². The molecule has 0 aromatic heterocycles. The van der Waals surface area contributed by atoms with E-state index in [1.165, 1.54) is 7.11 Å². The van der Waals surface area contributed by atoms with Crippen molar-refractivity contribution < 1.29 is 23.0 Å². The molecule has 2 aliphatic heterocycles. The molecule has 3 rings (SSSR count). The molecule has 0 amide bonds. The van der Waals surface area contributed by atoms with Crippen molar-refractivity contribution in [1.82, 2.24) is 4.90 Å². The van der Waals surface area contributed by atoms with Gasteiger partial charge in [0.25, 0.3) is 0 Å². The molecule has 152 valence electrons. The summed E-state index contributed by atoms with van der Waals surface area (Å²) in [5.41, 5.74) is 1.54. The summed E-state index contributed by atoms with van der Waals surface area (Å²) >= 11 is 0. The summed E-state index contributed by atoms with van der Waals surface area (Å²) in [6, 6.07) is 2.09. The van der Waals surface area contributed by atoms with Crippen molar-refractivity contribution in [3.8, 4) is 11.5 Å². The lowest BCUT2D eigenvalue weighted by Crippen LogP contribution is -2.47. The third-order valence-corrected chi connectivity index (χ3v) is 5.24. The Bertz CT molecular complexity index is 660. The van der Waals surface area contributed by atoms with Gasteiger partial charge in [0, 0.05) is 25.6 Å². The van der Waals surface area contributed by atoms with Gasteiger partial charge in [-0.2, -0.15) is 0 Å². The molecule has 2 atom stereocenters. The maximum Gasteiger partial charge on any atom is 0.197 e. The number of benzene rings is 1. The summed E-state index contributed by atoms with van der Waals surface area (Å²) in [5, 5.41) is 0. The summed E-state index contributed by atoms with van der Waals surface area (Å²) in [7, 11) is 1.51. The van der Waals surface area contributed by atoms with E-state index in [-0.39, 0.29) is 42.3 Å². The molecule has 0 saturated carbocycles. The van der Waals surface area contributed by atoms with Crippen LogP contribution < -0.4 is 9.47 Å². The summed E-state index contributed by atoms with van der Waals surface area (Å²) in [4.78, 5) is 2.39. The Balaban J connectivity index is 1.82. The molecule has 4 nitrogen and oxygen atoms in total. The first kappa shape index (κ1) is 20.3. The molecule has 0 N–H and O–H groups in total. The molecule has 1 aromatic rings. The van der Waals surface area contributed by atoms with E-state index >= 15 is 4.39 Å². The minimum atomic E-state index is -0.482. The van der Waals surface area contributed by atoms with Gasteiger partial charge in [0.1, 0.15) is 0 Å². The first-order valence-electron chi connectivity index (χ1n) is 9.84. The van der Waals surface area contributed by atoms with Crippen LogP contribution in [0.5, 0.6) is 11.5 Å². The number of hydrogen-bond donors (Lipinski definition) is 0. The van der Waals surface area contributed by atoms with Gasteiger partial charge in [-0.3, -0.25) is 9.29 Å². The highest BCUT2D eigenvalue weighted by Crippen LogP contribution is 2.44. The van der Waals surface area contributed by atoms with Gasteiger partial charge in [0.15, 0.2) is 17.3 Å². The van der Waals surface area contributed by atoms with Crippen molar-refractivity contribution in [2.45, 2.75) is 64.2 Å². The fourth-order valence-corrected chi connectivity index (χ4v) is 4.19. The maximum atomic E-state index is 15.1. The zero-order valence-corrected chi connectivity index (χ0v) is 16.8. The third kappa shape index (κ3) is 4.54. The summed E-state index contributed by atoms with van der Waals surface area (Å²) in [6.07, 6.45) is 2.96. The molecule has 0 aliphatic carbocycles. The average Bonchev–Trinajstić information content (AvgIpc) is 2.61. The zero-order chi connectivity index (χ0) is 19.6.